The first-order valence-electron chi connectivity index (χ1n) is 5.78. The Morgan fingerprint density at radius 1 is 1.11 bits per heavy atom. The maximum Gasteiger partial charge on any atom is 0.129 e. The van der Waals surface area contributed by atoms with Gasteiger partial charge in [0.15, 0.2) is 0 Å². The molecule has 2 N–H and O–H groups in total. The SMILES string of the molecule is Cc1cccc(C(N)c2c(F)cccc2Br)c1C. The van der Waals surface area contributed by atoms with Gasteiger partial charge in [0.2, 0.25) is 0 Å². The van der Waals surface area contributed by atoms with E-state index in [0.29, 0.717) is 10.0 Å². The molecule has 0 bridgehead atoms. The summed E-state index contributed by atoms with van der Waals surface area (Å²) in [7, 11) is 0. The van der Waals surface area contributed by atoms with Crippen LogP contribution in [0.2, 0.25) is 0 Å². The second-order valence-corrected chi connectivity index (χ2v) is 5.26. The molecule has 1 unspecified atom stereocenters. The normalized spacial score (nSPS) is 12.5. The Morgan fingerprint density at radius 2 is 1.78 bits per heavy atom. The molecular formula is C15H15BrFN. The smallest absolute Gasteiger partial charge is 0.129 e. The minimum atomic E-state index is -0.458. The topological polar surface area (TPSA) is 26.0 Å². The lowest BCUT2D eigenvalue weighted by Crippen LogP contribution is -2.16. The average molecular weight is 308 g/mol. The van der Waals surface area contributed by atoms with Crippen molar-refractivity contribution >= 4 is 15.9 Å². The predicted molar refractivity (Wildman–Crippen MR) is 76.0 cm³/mol. The van der Waals surface area contributed by atoms with E-state index in [1.807, 2.05) is 38.1 Å². The molecule has 0 fully saturated rings. The maximum absolute atomic E-state index is 13.9. The standard InChI is InChI=1S/C15H15BrFN/c1-9-5-3-6-11(10(9)2)15(18)14-12(16)7-4-8-13(14)17/h3-8,15H,18H2,1-2H3. The van der Waals surface area contributed by atoms with Crippen LogP contribution in [0, 0.1) is 19.7 Å². The summed E-state index contributed by atoms with van der Waals surface area (Å²) in [4.78, 5) is 0. The summed E-state index contributed by atoms with van der Waals surface area (Å²) in [6.07, 6.45) is 0. The van der Waals surface area contributed by atoms with Gasteiger partial charge in [0, 0.05) is 10.0 Å². The van der Waals surface area contributed by atoms with E-state index in [0.717, 1.165) is 16.7 Å². The van der Waals surface area contributed by atoms with Crippen molar-refractivity contribution in [1.82, 2.24) is 0 Å². The van der Waals surface area contributed by atoms with Gasteiger partial charge in [0.05, 0.1) is 6.04 Å². The van der Waals surface area contributed by atoms with Crippen LogP contribution in [0.4, 0.5) is 4.39 Å². The number of rotatable bonds is 2. The first kappa shape index (κ1) is 13.2. The van der Waals surface area contributed by atoms with Crippen LogP contribution < -0.4 is 5.73 Å². The van der Waals surface area contributed by atoms with Crippen LogP contribution in [0.3, 0.4) is 0 Å². The summed E-state index contributed by atoms with van der Waals surface area (Å²) in [6, 6.07) is 10.4. The van der Waals surface area contributed by atoms with Gasteiger partial charge in [0.25, 0.3) is 0 Å². The molecule has 3 heteroatoms. The van der Waals surface area contributed by atoms with Crippen LogP contribution in [0.5, 0.6) is 0 Å². The van der Waals surface area contributed by atoms with Crippen LogP contribution in [0.15, 0.2) is 40.9 Å². The second-order valence-electron chi connectivity index (χ2n) is 4.40. The highest BCUT2D eigenvalue weighted by Gasteiger charge is 2.18. The zero-order valence-corrected chi connectivity index (χ0v) is 12.0. The van der Waals surface area contributed by atoms with Crippen molar-refractivity contribution in [1.29, 1.82) is 0 Å². The molecule has 94 valence electrons. The van der Waals surface area contributed by atoms with Crippen LogP contribution in [-0.4, -0.2) is 0 Å². The van der Waals surface area contributed by atoms with Crippen molar-refractivity contribution in [3.05, 3.63) is 68.9 Å². The molecule has 0 saturated heterocycles. The molecule has 1 nitrogen and oxygen atoms in total. The highest BCUT2D eigenvalue weighted by molar-refractivity contribution is 9.10. The second kappa shape index (κ2) is 5.21. The van der Waals surface area contributed by atoms with E-state index in [4.69, 9.17) is 5.73 Å². The Morgan fingerprint density at radius 3 is 2.44 bits per heavy atom. The molecule has 1 atom stereocenters. The summed E-state index contributed by atoms with van der Waals surface area (Å²) in [6.45, 7) is 4.04. The highest BCUT2D eigenvalue weighted by atomic mass is 79.9. The van der Waals surface area contributed by atoms with E-state index in [1.165, 1.54) is 6.07 Å². The number of hydrogen-bond acceptors (Lipinski definition) is 1. The van der Waals surface area contributed by atoms with Gasteiger partial charge in [-0.05, 0) is 42.7 Å². The molecule has 2 rings (SSSR count). The lowest BCUT2D eigenvalue weighted by atomic mass is 9.93. The predicted octanol–water partition coefficient (Wildman–Crippen LogP) is 4.25. The highest BCUT2D eigenvalue weighted by Crippen LogP contribution is 2.31. The van der Waals surface area contributed by atoms with Crippen molar-refractivity contribution < 1.29 is 4.39 Å². The van der Waals surface area contributed by atoms with Crippen molar-refractivity contribution in [2.24, 2.45) is 5.73 Å². The Bertz CT molecular complexity index is 560. The molecule has 0 aromatic heterocycles. The molecular weight excluding hydrogens is 293 g/mol. The Hall–Kier alpha value is -1.19. The lowest BCUT2D eigenvalue weighted by molar-refractivity contribution is 0.597. The molecule has 2 aromatic carbocycles. The molecule has 0 spiro atoms. The van der Waals surface area contributed by atoms with Crippen LogP contribution in [-0.2, 0) is 0 Å². The van der Waals surface area contributed by atoms with Gasteiger partial charge in [-0.1, -0.05) is 40.2 Å². The molecule has 0 aliphatic rings. The third kappa shape index (κ3) is 2.33. The molecule has 0 aliphatic heterocycles. The largest absolute Gasteiger partial charge is 0.320 e. The van der Waals surface area contributed by atoms with Gasteiger partial charge in [-0.25, -0.2) is 4.39 Å². The fraction of sp³-hybridized carbons (Fsp3) is 0.200. The van der Waals surface area contributed by atoms with Gasteiger partial charge in [-0.3, -0.25) is 0 Å². The van der Waals surface area contributed by atoms with Crippen LogP contribution >= 0.6 is 15.9 Å². The van der Waals surface area contributed by atoms with E-state index in [-0.39, 0.29) is 5.82 Å². The van der Waals surface area contributed by atoms with E-state index >= 15 is 0 Å². The van der Waals surface area contributed by atoms with E-state index in [9.17, 15) is 4.39 Å². The third-order valence-corrected chi connectivity index (χ3v) is 3.98. The molecule has 0 aliphatic carbocycles. The summed E-state index contributed by atoms with van der Waals surface area (Å²) in [5.41, 5.74) is 9.96. The van der Waals surface area contributed by atoms with Crippen molar-refractivity contribution in [2.45, 2.75) is 19.9 Å². The molecule has 0 amide bonds. The minimum Gasteiger partial charge on any atom is -0.320 e. The summed E-state index contributed by atoms with van der Waals surface area (Å²) in [5, 5.41) is 0. The number of halogens is 2. The average Bonchev–Trinajstić information content (AvgIpc) is 2.32. The molecule has 2 aromatic rings. The first-order chi connectivity index (χ1) is 8.52. The third-order valence-electron chi connectivity index (χ3n) is 3.29. The van der Waals surface area contributed by atoms with Gasteiger partial charge >= 0.3 is 0 Å². The zero-order chi connectivity index (χ0) is 13.3. The Labute approximate surface area is 115 Å². The van der Waals surface area contributed by atoms with Gasteiger partial charge in [-0.2, -0.15) is 0 Å². The fourth-order valence-corrected chi connectivity index (χ4v) is 2.66. The number of aryl methyl sites for hydroxylation is 1. The van der Waals surface area contributed by atoms with Crippen molar-refractivity contribution in [3.8, 4) is 0 Å². The number of hydrogen-bond donors (Lipinski definition) is 1. The molecule has 18 heavy (non-hydrogen) atoms. The quantitative estimate of drug-likeness (QED) is 0.881. The maximum atomic E-state index is 13.9. The van der Waals surface area contributed by atoms with Crippen molar-refractivity contribution in [3.63, 3.8) is 0 Å². The molecule has 0 radical (unpaired) electrons. The Balaban J connectivity index is 2.55. The minimum absolute atomic E-state index is 0.280. The van der Waals surface area contributed by atoms with E-state index in [1.54, 1.807) is 6.07 Å². The molecule has 0 saturated carbocycles. The van der Waals surface area contributed by atoms with E-state index < -0.39 is 6.04 Å². The van der Waals surface area contributed by atoms with Gasteiger partial charge in [0.1, 0.15) is 5.82 Å². The fourth-order valence-electron chi connectivity index (χ4n) is 2.07. The summed E-state index contributed by atoms with van der Waals surface area (Å²) < 4.78 is 14.6. The lowest BCUT2D eigenvalue weighted by Gasteiger charge is -2.18. The van der Waals surface area contributed by atoms with E-state index in [2.05, 4.69) is 15.9 Å². The van der Waals surface area contributed by atoms with Gasteiger partial charge < -0.3 is 5.73 Å². The zero-order valence-electron chi connectivity index (χ0n) is 10.4. The van der Waals surface area contributed by atoms with Crippen LogP contribution in [0.1, 0.15) is 28.3 Å². The summed E-state index contributed by atoms with van der Waals surface area (Å²) in [5.74, 6) is -0.280. The monoisotopic (exact) mass is 307 g/mol. The van der Waals surface area contributed by atoms with Gasteiger partial charge in [-0.15, -0.1) is 0 Å². The van der Waals surface area contributed by atoms with Crippen molar-refractivity contribution in [2.75, 3.05) is 0 Å². The number of benzene rings is 2. The number of nitrogens with two attached hydrogens (primary N) is 1. The molecule has 0 heterocycles. The Kier molecular flexibility index (Phi) is 3.83. The summed E-state index contributed by atoms with van der Waals surface area (Å²) >= 11 is 3.37. The van der Waals surface area contributed by atoms with Crippen LogP contribution in [0.25, 0.3) is 0 Å². The first-order valence-corrected chi connectivity index (χ1v) is 6.57.